The van der Waals surface area contributed by atoms with E-state index in [1.807, 2.05) is 24.3 Å². The Balaban J connectivity index is 1.37. The van der Waals surface area contributed by atoms with Crippen LogP contribution in [0.1, 0.15) is 5.69 Å². The molecule has 0 saturated carbocycles. The highest BCUT2D eigenvalue weighted by atomic mass is 32.1. The number of carbonyl (C=O) groups is 1. The molecule has 5 rings (SSSR count). The number of hydrogen-bond acceptors (Lipinski definition) is 8. The van der Waals surface area contributed by atoms with Gasteiger partial charge >= 0.3 is 0 Å². The number of benzene rings is 3. The number of nitrogens with one attached hydrogen (secondary N) is 2. The first kappa shape index (κ1) is 24.0. The smallest absolute Gasteiger partial charge is 0.279 e. The molecule has 0 fully saturated rings. The summed E-state index contributed by atoms with van der Waals surface area (Å²) in [6.45, 7) is 4.02. The maximum absolute atomic E-state index is 13.2. The third-order valence-corrected chi connectivity index (χ3v) is 6.65. The van der Waals surface area contributed by atoms with Crippen molar-refractivity contribution in [3.05, 3.63) is 89.4 Å². The summed E-state index contributed by atoms with van der Waals surface area (Å²) in [5, 5.41) is 12.0. The molecule has 0 bridgehead atoms. The summed E-state index contributed by atoms with van der Waals surface area (Å²) in [5.41, 5.74) is 1.96. The van der Waals surface area contributed by atoms with E-state index in [4.69, 9.17) is 9.47 Å². The molecule has 2 heterocycles. The number of fused-ring (bicyclic) bond motifs is 2. The number of ether oxygens (including phenoxy) is 2. The van der Waals surface area contributed by atoms with Gasteiger partial charge in [-0.25, -0.2) is 4.98 Å². The lowest BCUT2D eigenvalue weighted by atomic mass is 10.1. The van der Waals surface area contributed by atoms with Crippen molar-refractivity contribution in [2.75, 3.05) is 26.1 Å². The van der Waals surface area contributed by atoms with Crippen LogP contribution >= 0.6 is 11.3 Å². The van der Waals surface area contributed by atoms with Gasteiger partial charge in [-0.1, -0.05) is 36.1 Å². The van der Waals surface area contributed by atoms with E-state index in [0.29, 0.717) is 38.7 Å². The Bertz CT molecular complexity index is 1690. The summed E-state index contributed by atoms with van der Waals surface area (Å²) in [4.78, 5) is 30.3. The third-order valence-electron chi connectivity index (χ3n) is 5.71. The minimum absolute atomic E-state index is 0.0598. The molecule has 0 aliphatic heterocycles. The van der Waals surface area contributed by atoms with Crippen LogP contribution in [0.5, 0.6) is 11.5 Å². The first-order valence-corrected chi connectivity index (χ1v) is 12.1. The molecule has 5 aromatic rings. The van der Waals surface area contributed by atoms with Crippen LogP contribution in [0.25, 0.3) is 32.4 Å². The number of anilines is 1. The lowest BCUT2D eigenvalue weighted by Crippen LogP contribution is -2.29. The third kappa shape index (κ3) is 4.87. The van der Waals surface area contributed by atoms with E-state index in [9.17, 15) is 9.59 Å². The first-order valence-electron chi connectivity index (χ1n) is 11.3. The fraction of sp³-hybridized carbons (Fsp3) is 0.111. The van der Waals surface area contributed by atoms with Crippen LogP contribution in [0.15, 0.2) is 78.1 Å². The van der Waals surface area contributed by atoms with Gasteiger partial charge in [-0.2, -0.15) is 9.78 Å². The molecule has 0 aliphatic rings. The second kappa shape index (κ2) is 10.1. The van der Waals surface area contributed by atoms with Crippen molar-refractivity contribution >= 4 is 49.1 Å². The van der Waals surface area contributed by atoms with Crippen molar-refractivity contribution < 1.29 is 14.3 Å². The quantitative estimate of drug-likeness (QED) is 0.320. The Kier molecular flexibility index (Phi) is 6.57. The topological polar surface area (TPSA) is 107 Å². The van der Waals surface area contributed by atoms with E-state index in [2.05, 4.69) is 27.3 Å². The largest absolute Gasteiger partial charge is 0.497 e. The molecular formula is C27H23N5O4S. The van der Waals surface area contributed by atoms with Crippen LogP contribution in [-0.4, -0.2) is 41.4 Å². The molecule has 1 amide bonds. The van der Waals surface area contributed by atoms with E-state index in [1.54, 1.807) is 56.7 Å². The zero-order chi connectivity index (χ0) is 25.9. The number of carbonyl (C=O) groups excluding carboxylic acids is 1. The number of methoxy groups -OCH3 is 2. The predicted octanol–water partition coefficient (Wildman–Crippen LogP) is 4.21. The Hall–Kier alpha value is -4.70. The van der Waals surface area contributed by atoms with Crippen molar-refractivity contribution in [1.82, 2.24) is 20.1 Å². The molecule has 0 unspecified atom stereocenters. The molecule has 0 aliphatic carbocycles. The first-order chi connectivity index (χ1) is 18.0. The molecular weight excluding hydrogens is 490 g/mol. The highest BCUT2D eigenvalue weighted by molar-refractivity contribution is 7.22. The van der Waals surface area contributed by atoms with Crippen LogP contribution in [0.4, 0.5) is 5.13 Å². The van der Waals surface area contributed by atoms with Crippen LogP contribution in [-0.2, 0) is 4.79 Å². The van der Waals surface area contributed by atoms with Crippen molar-refractivity contribution in [1.29, 1.82) is 0 Å². The molecule has 0 radical (unpaired) electrons. The van der Waals surface area contributed by atoms with E-state index in [1.165, 1.54) is 16.0 Å². The van der Waals surface area contributed by atoms with E-state index in [-0.39, 0.29) is 18.0 Å². The number of rotatable bonds is 8. The molecule has 0 saturated heterocycles. The Labute approximate surface area is 216 Å². The summed E-state index contributed by atoms with van der Waals surface area (Å²) in [5.74, 6) is 1.10. The second-order valence-electron chi connectivity index (χ2n) is 8.04. The van der Waals surface area contributed by atoms with E-state index < -0.39 is 0 Å². The summed E-state index contributed by atoms with van der Waals surface area (Å²) in [6.07, 6.45) is 0. The van der Waals surface area contributed by atoms with Crippen molar-refractivity contribution in [3.63, 3.8) is 0 Å². The average molecular weight is 514 g/mol. The Morgan fingerprint density at radius 3 is 2.43 bits per heavy atom. The summed E-state index contributed by atoms with van der Waals surface area (Å²) in [7, 11) is 3.18. The normalized spacial score (nSPS) is 10.9. The van der Waals surface area contributed by atoms with Crippen LogP contribution in [0.2, 0.25) is 0 Å². The molecule has 9 nitrogen and oxygen atoms in total. The van der Waals surface area contributed by atoms with Gasteiger partial charge in [-0.15, -0.1) is 0 Å². The number of thiazole rings is 1. The number of amides is 1. The maximum Gasteiger partial charge on any atom is 0.279 e. The number of nitrogens with zero attached hydrogens (tertiary/aromatic N) is 3. The van der Waals surface area contributed by atoms with Gasteiger partial charge in [-0.3, -0.25) is 9.59 Å². The van der Waals surface area contributed by atoms with Gasteiger partial charge < -0.3 is 20.1 Å². The molecule has 37 heavy (non-hydrogen) atoms. The zero-order valence-corrected chi connectivity index (χ0v) is 21.0. The van der Waals surface area contributed by atoms with Crippen LogP contribution in [0, 0.1) is 0 Å². The minimum Gasteiger partial charge on any atom is -0.497 e. The van der Waals surface area contributed by atoms with Gasteiger partial charge in [-0.05, 0) is 48.5 Å². The molecule has 3 aromatic carbocycles. The second-order valence-corrected chi connectivity index (χ2v) is 9.07. The summed E-state index contributed by atoms with van der Waals surface area (Å²) < 4.78 is 12.7. The molecule has 2 aromatic heterocycles. The van der Waals surface area contributed by atoms with Crippen LogP contribution < -0.4 is 25.7 Å². The van der Waals surface area contributed by atoms with Gasteiger partial charge in [0.05, 0.1) is 47.8 Å². The lowest BCUT2D eigenvalue weighted by Gasteiger charge is -2.14. The predicted molar refractivity (Wildman–Crippen MR) is 146 cm³/mol. The standard InChI is InChI=1S/C27H23N5O4S/c1-16(28-15-24(33)30-27-29-22-13-12-19(36-3)14-23(22)37-27)25-20-6-4-5-7-21(20)26(34)32(31-25)17-8-10-18(35-2)11-9-17/h4-14,28H,1,15H2,2-3H3,(H,29,30,33). The average Bonchev–Trinajstić information content (AvgIpc) is 3.33. The summed E-state index contributed by atoms with van der Waals surface area (Å²) >= 11 is 1.36. The van der Waals surface area contributed by atoms with Crippen molar-refractivity contribution in [2.45, 2.75) is 0 Å². The van der Waals surface area contributed by atoms with Gasteiger partial charge in [0.1, 0.15) is 17.2 Å². The summed E-state index contributed by atoms with van der Waals surface area (Å²) in [6, 6.07) is 19.7. The molecule has 0 spiro atoms. The molecule has 10 heteroatoms. The lowest BCUT2D eigenvalue weighted by molar-refractivity contribution is -0.115. The number of hydrogen-bond donors (Lipinski definition) is 2. The van der Waals surface area contributed by atoms with Gasteiger partial charge in [0.15, 0.2) is 5.13 Å². The number of aromatic nitrogens is 3. The SMILES string of the molecule is C=C(NCC(=O)Nc1nc2ccc(OC)cc2s1)c1nn(-c2ccc(OC)cc2)c(=O)c2ccccc12. The van der Waals surface area contributed by atoms with Gasteiger partial charge in [0, 0.05) is 5.39 Å². The Morgan fingerprint density at radius 2 is 1.70 bits per heavy atom. The highest BCUT2D eigenvalue weighted by Gasteiger charge is 2.15. The Morgan fingerprint density at radius 1 is 1.00 bits per heavy atom. The van der Waals surface area contributed by atoms with E-state index >= 15 is 0 Å². The van der Waals surface area contributed by atoms with E-state index in [0.717, 1.165) is 16.0 Å². The van der Waals surface area contributed by atoms with Gasteiger partial charge in [0.25, 0.3) is 5.56 Å². The minimum atomic E-state index is -0.292. The molecule has 0 atom stereocenters. The van der Waals surface area contributed by atoms with Crippen LogP contribution in [0.3, 0.4) is 0 Å². The van der Waals surface area contributed by atoms with Crippen molar-refractivity contribution in [3.8, 4) is 17.2 Å². The monoisotopic (exact) mass is 513 g/mol. The fourth-order valence-corrected chi connectivity index (χ4v) is 4.74. The fourth-order valence-electron chi connectivity index (χ4n) is 3.83. The zero-order valence-electron chi connectivity index (χ0n) is 20.1. The molecule has 186 valence electrons. The molecule has 2 N–H and O–H groups in total. The van der Waals surface area contributed by atoms with Crippen molar-refractivity contribution in [2.24, 2.45) is 0 Å². The van der Waals surface area contributed by atoms with Gasteiger partial charge in [0.2, 0.25) is 5.91 Å². The maximum atomic E-state index is 13.2. The highest BCUT2D eigenvalue weighted by Crippen LogP contribution is 2.29.